The Morgan fingerprint density at radius 3 is 1.52 bits per heavy atom. The zero-order chi connectivity index (χ0) is 84.2. The molecule has 28 nitrogen and oxygen atoms in total. The largest absolute Gasteiger partial charge is 0.455 e. The van der Waals surface area contributed by atoms with E-state index in [-0.39, 0.29) is 51.5 Å². The number of benzene rings is 6. The number of halogens is 2. The molecular formula is C90H91Cl2N15O13S2. The number of hydrogen-bond donors (Lipinski definition) is 4. The molecule has 2 amide bonds. The summed E-state index contributed by atoms with van der Waals surface area (Å²) in [4.78, 5) is 83.0. The summed E-state index contributed by atoms with van der Waals surface area (Å²) in [5.41, 5.74) is 13.1. The zero-order valence-corrected chi connectivity index (χ0v) is 70.4. The molecule has 0 bridgehead atoms. The first-order chi connectivity index (χ1) is 58.9. The number of nitro benzene ring substituents is 2. The van der Waals surface area contributed by atoms with Crippen LogP contribution in [0, 0.1) is 37.0 Å². The minimum absolute atomic E-state index is 0.0317. The van der Waals surface area contributed by atoms with Gasteiger partial charge in [-0.05, 0) is 207 Å². The first kappa shape index (κ1) is 81.6. The Labute approximate surface area is 714 Å². The molecule has 2 spiro atoms. The van der Waals surface area contributed by atoms with Crippen molar-refractivity contribution in [3.63, 3.8) is 0 Å². The molecule has 0 radical (unpaired) electrons. The van der Waals surface area contributed by atoms with Gasteiger partial charge in [-0.3, -0.25) is 44.6 Å². The molecule has 4 N–H and O–H groups in total. The Morgan fingerprint density at radius 1 is 0.582 bits per heavy atom. The second kappa shape index (κ2) is 33.8. The molecule has 4 aliphatic carbocycles. The number of H-pyrrole nitrogens is 2. The van der Waals surface area contributed by atoms with Crippen LogP contribution in [0.2, 0.25) is 10.0 Å². The van der Waals surface area contributed by atoms with Crippen LogP contribution >= 0.6 is 23.2 Å². The third-order valence-electron chi connectivity index (χ3n) is 26.0. The van der Waals surface area contributed by atoms with Crippen molar-refractivity contribution in [2.45, 2.75) is 113 Å². The van der Waals surface area contributed by atoms with Crippen molar-refractivity contribution >= 4 is 133 Å². The van der Waals surface area contributed by atoms with Crippen LogP contribution in [0.4, 0.5) is 28.4 Å². The summed E-state index contributed by atoms with van der Waals surface area (Å²) in [5.74, 6) is -0.598. The highest BCUT2D eigenvalue weighted by atomic mass is 35.5. The van der Waals surface area contributed by atoms with Gasteiger partial charge in [0.1, 0.15) is 34.3 Å². The quantitative estimate of drug-likeness (QED) is 0.0362. The maximum absolute atomic E-state index is 14.1. The van der Waals surface area contributed by atoms with E-state index in [2.05, 4.69) is 83.2 Å². The first-order valence-corrected chi connectivity index (χ1v) is 45.2. The average molecular weight is 1730 g/mol. The average Bonchev–Trinajstić information content (AvgIpc) is 1.74. The summed E-state index contributed by atoms with van der Waals surface area (Å²) >= 11 is 12.6. The number of nitrogens with one attached hydrogen (secondary N) is 4. The van der Waals surface area contributed by atoms with Crippen molar-refractivity contribution in [2.24, 2.45) is 28.8 Å². The fraction of sp³-hybridized carbons (Fsp3) is 0.356. The van der Waals surface area contributed by atoms with Gasteiger partial charge in [0.15, 0.2) is 5.52 Å². The van der Waals surface area contributed by atoms with E-state index < -0.39 is 57.2 Å². The topological polar surface area (TPSA) is 341 Å². The number of hydrogen-bond acceptors (Lipinski definition) is 21. The smallest absolute Gasteiger partial charge is 0.298 e. The van der Waals surface area contributed by atoms with Gasteiger partial charge in [0.2, 0.25) is 0 Å². The van der Waals surface area contributed by atoms with Gasteiger partial charge in [-0.1, -0.05) is 71.5 Å². The molecule has 11 aromatic rings. The van der Waals surface area contributed by atoms with Crippen LogP contribution in [0.3, 0.4) is 0 Å². The van der Waals surface area contributed by atoms with Gasteiger partial charge in [-0.25, -0.2) is 41.2 Å². The van der Waals surface area contributed by atoms with E-state index in [0.717, 1.165) is 154 Å². The van der Waals surface area contributed by atoms with Crippen LogP contribution in [0.15, 0.2) is 191 Å². The first-order valence-electron chi connectivity index (χ1n) is 41.5. The Balaban J connectivity index is 0.000000168. The third-order valence-corrected chi connectivity index (χ3v) is 29.1. The maximum atomic E-state index is 14.1. The highest BCUT2D eigenvalue weighted by Gasteiger charge is 2.43. The number of aryl methyl sites for hydroxylation is 1. The van der Waals surface area contributed by atoms with Crippen LogP contribution in [0.5, 0.6) is 23.0 Å². The van der Waals surface area contributed by atoms with Gasteiger partial charge in [0.05, 0.1) is 66.3 Å². The van der Waals surface area contributed by atoms with Crippen LogP contribution in [-0.4, -0.2) is 162 Å². The summed E-state index contributed by atoms with van der Waals surface area (Å²) in [6, 6.07) is 38.5. The van der Waals surface area contributed by atoms with Gasteiger partial charge in [0.25, 0.3) is 43.2 Å². The highest BCUT2D eigenvalue weighted by Crippen LogP contribution is 2.57. The standard InChI is InChI=1S/C48H50ClN7O7S.C42H41ClN8O6S/c49-35-4-2-32(3-5-35)42-28-48(12-1-13-48)14-8-34(42)30-54-16-18-55(19-17-54)37-6-7-40(45(25-37)63-38-23-33-9-15-50-46(33)51-29-38)47(57)53-64(60,61)39-26-43-41(44(27-39)56(58)59)24-36(52-43)22-31-10-20-62-21-11-31;1-48-26-46-39-36(48)21-33(22-37(39)51(53)54)58(55,56)47-41(52)34-8-7-31(20-38(34)57-32-19-28-10-14-44-40(28)45-24-32)50-17-15-49(16-18-50)25-29-9-13-42(11-2-12-42)23-35(29)27-3-5-30(43)6-4-27/h2-7,9,15,23,25-27,29,31H,1,8,10-14,16-22,24,28,30H2,(H,50,51)(H,53,57);3-8,10,14,19-22,24,26H,2,9,11-13,15-18,23,25H2,1H3,(H,44,45)(H,47,52). The molecule has 0 atom stereocenters. The van der Waals surface area contributed by atoms with Crippen LogP contribution in [0.25, 0.3) is 44.2 Å². The number of aliphatic imine (C=N–C) groups is 1. The van der Waals surface area contributed by atoms with Crippen molar-refractivity contribution < 1.29 is 50.5 Å². The number of sulfonamides is 2. The molecule has 5 aromatic heterocycles. The number of allylic oxidation sites excluding steroid dienone is 2. The number of aromatic amines is 2. The number of nitrogens with zero attached hydrogens (tertiary/aromatic N) is 11. The summed E-state index contributed by atoms with van der Waals surface area (Å²) in [6.07, 6.45) is 25.4. The van der Waals surface area contributed by atoms with E-state index in [9.17, 15) is 46.7 Å². The van der Waals surface area contributed by atoms with E-state index in [1.54, 1.807) is 68.0 Å². The Hall–Kier alpha value is -11.4. The SMILES string of the molecule is Cn1cnc2c([N+](=O)[O-])cc(S(=O)(=O)NC(=O)c3ccc(N4CCN(CC5=C(c6ccc(Cl)cc6)CC6(CCC6)CC5)CC4)cc3Oc3cnc4[nH]ccc4c3)cc21.O=C(NS(=O)(=O)c1cc2c(c([N+](=O)[O-])c1)CC(CC1CCOCC1)=N2)c1ccc(N2CCN(CC3=C(c4ccc(Cl)cc4)CC4(CCC4)CC3)CC2)cc1Oc1cnc2[nH]ccc2c1. The molecular weight excluding hydrogens is 1630 g/mol. The normalized spacial score (nSPS) is 18.2. The van der Waals surface area contributed by atoms with Crippen LogP contribution < -0.4 is 28.7 Å². The van der Waals surface area contributed by atoms with E-state index in [0.29, 0.717) is 64.7 Å². The lowest BCUT2D eigenvalue weighted by Gasteiger charge is -2.47. The van der Waals surface area contributed by atoms with Gasteiger partial charge in [-0.15, -0.1) is 0 Å². The number of ether oxygens (including phenoxy) is 3. The third kappa shape index (κ3) is 17.3. The highest BCUT2D eigenvalue weighted by molar-refractivity contribution is 7.90. The number of fused-ring (bicyclic) bond motifs is 4. The lowest BCUT2D eigenvalue weighted by atomic mass is 9.59. The lowest BCUT2D eigenvalue weighted by molar-refractivity contribution is -0.385. The van der Waals surface area contributed by atoms with Crippen molar-refractivity contribution in [2.75, 3.05) is 88.5 Å². The molecule has 0 unspecified atom stereocenters. The number of pyridine rings is 2. The number of nitro groups is 2. The van der Waals surface area contributed by atoms with E-state index in [1.807, 2.05) is 36.4 Å². The van der Waals surface area contributed by atoms with Gasteiger partial charge < -0.3 is 38.5 Å². The van der Waals surface area contributed by atoms with E-state index >= 15 is 0 Å². The van der Waals surface area contributed by atoms with Gasteiger partial charge in [-0.2, -0.15) is 0 Å². The second-order valence-corrected chi connectivity index (χ2v) is 37.8. The zero-order valence-electron chi connectivity index (χ0n) is 67.3. The van der Waals surface area contributed by atoms with Crippen LogP contribution in [-0.2, 0) is 38.3 Å². The van der Waals surface area contributed by atoms with E-state index in [4.69, 9.17) is 37.4 Å². The minimum atomic E-state index is -4.61. The maximum Gasteiger partial charge on any atom is 0.298 e. The number of anilines is 2. The lowest BCUT2D eigenvalue weighted by Crippen LogP contribution is -2.47. The molecule has 5 fully saturated rings. The second-order valence-electron chi connectivity index (χ2n) is 33.6. The summed E-state index contributed by atoms with van der Waals surface area (Å²) in [6.45, 7) is 9.42. The number of piperazine rings is 2. The number of rotatable bonds is 22. The fourth-order valence-electron chi connectivity index (χ4n) is 18.8. The molecule has 3 saturated heterocycles. The summed E-state index contributed by atoms with van der Waals surface area (Å²) in [5, 5.41) is 27.2. The minimum Gasteiger partial charge on any atom is -0.455 e. The number of amides is 2. The Bertz CT molecular complexity index is 6300. The molecule has 4 aliphatic heterocycles. The predicted octanol–water partition coefficient (Wildman–Crippen LogP) is 17.3. The van der Waals surface area contributed by atoms with Gasteiger partial charge >= 0.3 is 0 Å². The summed E-state index contributed by atoms with van der Waals surface area (Å²) in [7, 11) is -7.59. The van der Waals surface area contributed by atoms with Crippen molar-refractivity contribution in [1.29, 1.82) is 0 Å². The molecule has 630 valence electrons. The fourth-order valence-corrected chi connectivity index (χ4v) is 21.1. The van der Waals surface area contributed by atoms with Crippen molar-refractivity contribution in [3.8, 4) is 23.0 Å². The van der Waals surface area contributed by atoms with Crippen molar-refractivity contribution in [3.05, 3.63) is 234 Å². The molecule has 2 saturated carbocycles. The molecule has 19 rings (SSSR count). The summed E-state index contributed by atoms with van der Waals surface area (Å²) < 4.78 is 79.0. The Morgan fingerprint density at radius 2 is 1.06 bits per heavy atom. The van der Waals surface area contributed by atoms with Gasteiger partial charge in [0, 0.05) is 167 Å². The molecule has 9 heterocycles. The number of carbonyl (C=O) groups is 2. The number of carbonyl (C=O) groups excluding carboxylic acids is 2. The number of imidazole rings is 1. The number of non-ortho nitro benzene ring substituents is 1. The van der Waals surface area contributed by atoms with E-state index in [1.165, 1.54) is 120 Å². The van der Waals surface area contributed by atoms with Crippen molar-refractivity contribution in [1.82, 2.24) is 48.7 Å². The molecule has 8 aliphatic rings. The predicted molar refractivity (Wildman–Crippen MR) is 468 cm³/mol. The molecule has 32 heteroatoms. The molecule has 6 aromatic carbocycles. The molecule has 122 heavy (non-hydrogen) atoms. The van der Waals surface area contributed by atoms with Crippen LogP contribution in [0.1, 0.15) is 134 Å². The Kier molecular flexibility index (Phi) is 22.6. The number of aromatic nitrogens is 6. The monoisotopic (exact) mass is 1720 g/mol.